The molecule has 0 N–H and O–H groups in total. The maximum atomic E-state index is 6.88. The van der Waals surface area contributed by atoms with E-state index in [9.17, 15) is 0 Å². The Bertz CT molecular complexity index is 2810. The molecule has 3 aromatic heterocycles. The summed E-state index contributed by atoms with van der Waals surface area (Å²) < 4.78 is 9.18. The van der Waals surface area contributed by atoms with Crippen LogP contribution in [0.5, 0.6) is 0 Å². The molecule has 46 heavy (non-hydrogen) atoms. The van der Waals surface area contributed by atoms with Crippen LogP contribution in [-0.2, 0) is 0 Å². The second kappa shape index (κ2) is 9.83. The first-order chi connectivity index (χ1) is 22.8. The van der Waals surface area contributed by atoms with Gasteiger partial charge in [0.05, 0.1) is 21.5 Å². The zero-order valence-corrected chi connectivity index (χ0v) is 25.4. The average molecular weight is 605 g/mol. The number of nitrogens with zero attached hydrogens (tertiary/aromatic N) is 2. The smallest absolute Gasteiger partial charge is 0.164 e. The molecule has 0 amide bonds. The molecule has 0 bridgehead atoms. The molecule has 0 radical (unpaired) electrons. The van der Waals surface area contributed by atoms with Crippen molar-refractivity contribution in [3.63, 3.8) is 0 Å². The van der Waals surface area contributed by atoms with Gasteiger partial charge in [-0.2, -0.15) is 0 Å². The number of aromatic nitrogens is 2. The predicted octanol–water partition coefficient (Wildman–Crippen LogP) is 12.1. The molecular weight excluding hydrogens is 581 g/mol. The van der Waals surface area contributed by atoms with Crippen molar-refractivity contribution in [2.75, 3.05) is 0 Å². The zero-order valence-electron chi connectivity index (χ0n) is 24.6. The summed E-state index contributed by atoms with van der Waals surface area (Å²) in [4.78, 5) is 10.5. The first-order valence-corrected chi connectivity index (χ1v) is 16.2. The second-order valence-corrected chi connectivity index (χ2v) is 12.7. The van der Waals surface area contributed by atoms with Gasteiger partial charge in [-0.05, 0) is 45.5 Å². The highest BCUT2D eigenvalue weighted by Crippen LogP contribution is 2.44. The van der Waals surface area contributed by atoms with E-state index in [-0.39, 0.29) is 0 Å². The van der Waals surface area contributed by atoms with Gasteiger partial charge in [0.25, 0.3) is 0 Å². The van der Waals surface area contributed by atoms with Crippen molar-refractivity contribution in [1.29, 1.82) is 0 Å². The predicted molar refractivity (Wildman–Crippen MR) is 194 cm³/mol. The standard InChI is InChI=1S/C42H24N2OS/c1-2-13-26(14-3-1)37-41-38(32-19-8-9-23-36(32)46-41)44-42(43-37)33-22-11-21-31-35-24-34(28-20-10-15-25-12-4-5-16-27(25)28)29-17-6-7-18-30(29)40(35)45-39(31)33/h1-24H. The lowest BCUT2D eigenvalue weighted by Crippen LogP contribution is -1.93. The summed E-state index contributed by atoms with van der Waals surface area (Å²) in [7, 11) is 0. The molecule has 214 valence electrons. The topological polar surface area (TPSA) is 38.9 Å². The van der Waals surface area contributed by atoms with Crippen molar-refractivity contribution in [2.24, 2.45) is 0 Å². The van der Waals surface area contributed by atoms with E-state index >= 15 is 0 Å². The number of thiophene rings is 1. The molecular formula is C42H24N2OS. The van der Waals surface area contributed by atoms with Crippen molar-refractivity contribution >= 4 is 75.1 Å². The molecule has 0 unspecified atom stereocenters. The highest BCUT2D eigenvalue weighted by molar-refractivity contribution is 7.26. The van der Waals surface area contributed by atoms with E-state index in [2.05, 4.69) is 140 Å². The third-order valence-corrected chi connectivity index (χ3v) is 10.3. The molecule has 7 aromatic carbocycles. The van der Waals surface area contributed by atoms with Crippen molar-refractivity contribution in [3.8, 4) is 33.8 Å². The summed E-state index contributed by atoms with van der Waals surface area (Å²) in [5.41, 5.74) is 7.97. The molecule has 4 heteroatoms. The molecule has 0 atom stereocenters. The Morgan fingerprint density at radius 2 is 1.11 bits per heavy atom. The van der Waals surface area contributed by atoms with Gasteiger partial charge in [0.2, 0.25) is 0 Å². The van der Waals surface area contributed by atoms with Crippen molar-refractivity contribution in [1.82, 2.24) is 9.97 Å². The molecule has 10 aromatic rings. The lowest BCUT2D eigenvalue weighted by Gasteiger charge is -2.11. The monoisotopic (exact) mass is 604 g/mol. The number of hydrogen-bond acceptors (Lipinski definition) is 4. The van der Waals surface area contributed by atoms with Crippen molar-refractivity contribution < 1.29 is 4.42 Å². The third-order valence-electron chi connectivity index (χ3n) is 9.09. The summed E-state index contributed by atoms with van der Waals surface area (Å²) >= 11 is 1.75. The lowest BCUT2D eigenvalue weighted by molar-refractivity contribution is 0.673. The normalized spacial score (nSPS) is 11.9. The van der Waals surface area contributed by atoms with Crippen LogP contribution in [0.3, 0.4) is 0 Å². The Morgan fingerprint density at radius 1 is 0.457 bits per heavy atom. The van der Waals surface area contributed by atoms with E-state index in [1.165, 1.54) is 32.0 Å². The first-order valence-electron chi connectivity index (χ1n) is 15.4. The highest BCUT2D eigenvalue weighted by Gasteiger charge is 2.21. The minimum Gasteiger partial charge on any atom is -0.455 e. The molecule has 3 heterocycles. The Balaban J connectivity index is 1.29. The number of rotatable bonds is 3. The Morgan fingerprint density at radius 3 is 2.00 bits per heavy atom. The quantitative estimate of drug-likeness (QED) is 0.201. The van der Waals surface area contributed by atoms with Crippen LogP contribution in [-0.4, -0.2) is 9.97 Å². The van der Waals surface area contributed by atoms with Gasteiger partial charge in [0.15, 0.2) is 5.82 Å². The molecule has 0 saturated heterocycles. The summed E-state index contributed by atoms with van der Waals surface area (Å²) in [5, 5.41) is 8.01. The number of hydrogen-bond donors (Lipinski definition) is 0. The molecule has 0 spiro atoms. The first kappa shape index (κ1) is 25.5. The maximum Gasteiger partial charge on any atom is 0.164 e. The Hall–Kier alpha value is -5.84. The summed E-state index contributed by atoms with van der Waals surface area (Å²) in [5.74, 6) is 0.665. The Kier molecular flexibility index (Phi) is 5.45. The van der Waals surface area contributed by atoms with E-state index in [1.54, 1.807) is 11.3 Å². The summed E-state index contributed by atoms with van der Waals surface area (Å²) in [6, 6.07) is 51.3. The van der Waals surface area contributed by atoms with Gasteiger partial charge in [-0.25, -0.2) is 9.97 Å². The van der Waals surface area contributed by atoms with Crippen LogP contribution in [0.2, 0.25) is 0 Å². The van der Waals surface area contributed by atoms with Gasteiger partial charge in [0, 0.05) is 31.8 Å². The second-order valence-electron chi connectivity index (χ2n) is 11.7. The van der Waals surface area contributed by atoms with Crippen LogP contribution in [0.1, 0.15) is 0 Å². The summed E-state index contributed by atoms with van der Waals surface area (Å²) in [6.07, 6.45) is 0. The number of fused-ring (bicyclic) bond motifs is 9. The van der Waals surface area contributed by atoms with Crippen molar-refractivity contribution in [3.05, 3.63) is 146 Å². The molecule has 10 rings (SSSR count). The fourth-order valence-electron chi connectivity index (χ4n) is 6.98. The minimum atomic E-state index is 0.665. The number of furan rings is 1. The molecule has 0 aliphatic carbocycles. The summed E-state index contributed by atoms with van der Waals surface area (Å²) in [6.45, 7) is 0. The molecule has 0 aliphatic rings. The Labute approximate surface area is 268 Å². The average Bonchev–Trinajstić information content (AvgIpc) is 3.70. The number of benzene rings is 7. The van der Waals surface area contributed by atoms with E-state index in [0.717, 1.165) is 59.7 Å². The van der Waals surface area contributed by atoms with E-state index in [1.807, 2.05) is 6.07 Å². The SMILES string of the molecule is c1ccc(-c2nc(-c3cccc4c3oc3c5ccccc5c(-c5cccc6ccccc56)cc43)nc3c2sc2ccccc23)cc1. The number of para-hydroxylation sites is 1. The maximum absolute atomic E-state index is 6.88. The largest absolute Gasteiger partial charge is 0.455 e. The van der Waals surface area contributed by atoms with Gasteiger partial charge in [-0.15, -0.1) is 11.3 Å². The van der Waals surface area contributed by atoms with E-state index in [4.69, 9.17) is 14.4 Å². The minimum absolute atomic E-state index is 0.665. The fourth-order valence-corrected chi connectivity index (χ4v) is 8.14. The zero-order chi connectivity index (χ0) is 30.2. The van der Waals surface area contributed by atoms with Gasteiger partial charge in [0.1, 0.15) is 11.2 Å². The highest BCUT2D eigenvalue weighted by atomic mass is 32.1. The molecule has 3 nitrogen and oxygen atoms in total. The van der Waals surface area contributed by atoms with Gasteiger partial charge < -0.3 is 4.42 Å². The van der Waals surface area contributed by atoms with Gasteiger partial charge in [-0.3, -0.25) is 0 Å². The fraction of sp³-hybridized carbons (Fsp3) is 0. The van der Waals surface area contributed by atoms with E-state index < -0.39 is 0 Å². The van der Waals surface area contributed by atoms with Crippen molar-refractivity contribution in [2.45, 2.75) is 0 Å². The molecule has 0 saturated carbocycles. The third kappa shape index (κ3) is 3.71. The van der Waals surface area contributed by atoms with Crippen LogP contribution in [0.25, 0.3) is 97.6 Å². The van der Waals surface area contributed by atoms with Gasteiger partial charge >= 0.3 is 0 Å². The van der Waals surface area contributed by atoms with Crippen LogP contribution in [0.15, 0.2) is 150 Å². The molecule has 0 fully saturated rings. The molecule has 0 aliphatic heterocycles. The van der Waals surface area contributed by atoms with Crippen LogP contribution in [0, 0.1) is 0 Å². The van der Waals surface area contributed by atoms with Crippen LogP contribution in [0.4, 0.5) is 0 Å². The lowest BCUT2D eigenvalue weighted by atomic mass is 9.92. The van der Waals surface area contributed by atoms with Crippen LogP contribution < -0.4 is 0 Å². The van der Waals surface area contributed by atoms with Gasteiger partial charge in [-0.1, -0.05) is 127 Å². The van der Waals surface area contributed by atoms with Crippen LogP contribution >= 0.6 is 11.3 Å². The van der Waals surface area contributed by atoms with E-state index in [0.29, 0.717) is 5.82 Å².